The van der Waals surface area contributed by atoms with Crippen LogP contribution in [0.3, 0.4) is 0 Å². The van der Waals surface area contributed by atoms with Crippen LogP contribution in [0.5, 0.6) is 0 Å². The lowest BCUT2D eigenvalue weighted by atomic mass is 10.1. The molecule has 0 saturated heterocycles. The molecule has 0 fully saturated rings. The molecule has 1 aromatic carbocycles. The number of benzene rings is 1. The molecular weight excluding hydrogens is 310 g/mol. The Morgan fingerprint density at radius 3 is 2.30 bits per heavy atom. The quantitative estimate of drug-likeness (QED) is 0.537. The molecular formula is C17H27N3O2S. The van der Waals surface area contributed by atoms with Crippen molar-refractivity contribution < 1.29 is 9.59 Å². The van der Waals surface area contributed by atoms with Gasteiger partial charge in [-0.15, -0.1) is 0 Å². The van der Waals surface area contributed by atoms with Gasteiger partial charge in [-0.05, 0) is 37.1 Å². The Morgan fingerprint density at radius 2 is 1.65 bits per heavy atom. The number of rotatable bonds is 11. The Morgan fingerprint density at radius 1 is 0.957 bits per heavy atom. The van der Waals surface area contributed by atoms with E-state index in [-0.39, 0.29) is 11.0 Å². The molecule has 0 bridgehead atoms. The molecule has 23 heavy (non-hydrogen) atoms. The molecule has 128 valence electrons. The highest BCUT2D eigenvalue weighted by Crippen LogP contribution is 2.17. The highest BCUT2D eigenvalue weighted by molar-refractivity contribution is 8.12. The molecule has 0 radical (unpaired) electrons. The minimum atomic E-state index is -0.122. The van der Waals surface area contributed by atoms with Gasteiger partial charge in [-0.1, -0.05) is 36.7 Å². The van der Waals surface area contributed by atoms with Gasteiger partial charge >= 0.3 is 0 Å². The zero-order valence-corrected chi connectivity index (χ0v) is 14.4. The average molecular weight is 337 g/mol. The van der Waals surface area contributed by atoms with Crippen molar-refractivity contribution in [1.29, 1.82) is 0 Å². The summed E-state index contributed by atoms with van der Waals surface area (Å²) in [5.41, 5.74) is 12.4. The van der Waals surface area contributed by atoms with Crippen LogP contribution in [0.15, 0.2) is 24.3 Å². The molecule has 1 amide bonds. The molecule has 0 atom stereocenters. The fourth-order valence-electron chi connectivity index (χ4n) is 2.04. The second-order valence-electron chi connectivity index (χ2n) is 5.36. The van der Waals surface area contributed by atoms with Crippen molar-refractivity contribution in [3.8, 4) is 0 Å². The number of nitrogens with one attached hydrogen (secondary N) is 1. The summed E-state index contributed by atoms with van der Waals surface area (Å²) in [5, 5.41) is 2.95. The summed E-state index contributed by atoms with van der Waals surface area (Å²) in [6.45, 7) is 1.62. The summed E-state index contributed by atoms with van der Waals surface area (Å²) in [6.07, 6.45) is 4.76. The van der Waals surface area contributed by atoms with Crippen LogP contribution < -0.4 is 16.8 Å². The van der Waals surface area contributed by atoms with Crippen LogP contribution in [-0.2, 0) is 10.5 Å². The summed E-state index contributed by atoms with van der Waals surface area (Å²) < 4.78 is 0. The second kappa shape index (κ2) is 12.1. The predicted octanol–water partition coefficient (Wildman–Crippen LogP) is 2.04. The van der Waals surface area contributed by atoms with E-state index >= 15 is 0 Å². The first-order valence-corrected chi connectivity index (χ1v) is 9.09. The van der Waals surface area contributed by atoms with Crippen LogP contribution >= 0.6 is 11.8 Å². The lowest BCUT2D eigenvalue weighted by Crippen LogP contribution is -2.28. The summed E-state index contributed by atoms with van der Waals surface area (Å²) in [5.74, 6) is 0.523. The van der Waals surface area contributed by atoms with Gasteiger partial charge in [-0.25, -0.2) is 0 Å². The number of hydrogen-bond acceptors (Lipinski definition) is 5. The van der Waals surface area contributed by atoms with Crippen molar-refractivity contribution in [3.05, 3.63) is 35.4 Å². The van der Waals surface area contributed by atoms with Gasteiger partial charge < -0.3 is 16.8 Å². The molecule has 5 N–H and O–H groups in total. The first kappa shape index (κ1) is 19.7. The Hall–Kier alpha value is -1.37. The second-order valence-corrected chi connectivity index (χ2v) is 6.39. The Kier molecular flexibility index (Phi) is 10.4. The third-order valence-electron chi connectivity index (χ3n) is 3.38. The zero-order chi connectivity index (χ0) is 16.9. The summed E-state index contributed by atoms with van der Waals surface area (Å²) in [6, 6.07) is 7.33. The maximum absolute atomic E-state index is 11.8. The predicted molar refractivity (Wildman–Crippen MR) is 96.3 cm³/mol. The molecule has 6 heteroatoms. The van der Waals surface area contributed by atoms with E-state index in [0.717, 1.165) is 37.8 Å². The molecule has 0 spiro atoms. The highest BCUT2D eigenvalue weighted by atomic mass is 32.2. The molecule has 0 saturated carbocycles. The minimum absolute atomic E-state index is 0.122. The van der Waals surface area contributed by atoms with Crippen molar-refractivity contribution in [1.82, 2.24) is 5.32 Å². The van der Waals surface area contributed by atoms with Gasteiger partial charge in [-0.2, -0.15) is 0 Å². The normalized spacial score (nSPS) is 10.5. The van der Waals surface area contributed by atoms with Crippen molar-refractivity contribution in [2.75, 3.05) is 19.6 Å². The van der Waals surface area contributed by atoms with Gasteiger partial charge in [0.2, 0.25) is 0 Å². The van der Waals surface area contributed by atoms with Gasteiger partial charge in [0.1, 0.15) is 0 Å². The summed E-state index contributed by atoms with van der Waals surface area (Å²) in [4.78, 5) is 23.5. The van der Waals surface area contributed by atoms with E-state index in [1.807, 2.05) is 12.1 Å². The molecule has 5 nitrogen and oxygen atoms in total. The monoisotopic (exact) mass is 337 g/mol. The number of hydrogen-bond donors (Lipinski definition) is 3. The van der Waals surface area contributed by atoms with E-state index < -0.39 is 0 Å². The van der Waals surface area contributed by atoms with Gasteiger partial charge in [-0.3, -0.25) is 9.59 Å². The molecule has 1 rings (SSSR count). The standard InChI is InChI=1S/C17H27N3O2S/c18-10-4-2-1-3-5-16(21)23-13-14-6-8-15(9-7-14)17(22)20-12-11-19/h6-9H,1-5,10-13,18-19H2,(H,20,22). The number of unbranched alkanes of at least 4 members (excludes halogenated alkanes) is 3. The third-order valence-corrected chi connectivity index (χ3v) is 4.38. The fourth-order valence-corrected chi connectivity index (χ4v) is 2.85. The number of thioether (sulfide) groups is 1. The van der Waals surface area contributed by atoms with Crippen molar-refractivity contribution in [2.45, 2.75) is 37.9 Å². The van der Waals surface area contributed by atoms with Crippen molar-refractivity contribution >= 4 is 22.8 Å². The smallest absolute Gasteiger partial charge is 0.251 e. The van der Waals surface area contributed by atoms with Crippen LogP contribution in [0.2, 0.25) is 0 Å². The summed E-state index contributed by atoms with van der Waals surface area (Å²) in [7, 11) is 0. The molecule has 0 aliphatic heterocycles. The lowest BCUT2D eigenvalue weighted by Gasteiger charge is -2.05. The first-order valence-electron chi connectivity index (χ1n) is 8.10. The average Bonchev–Trinajstić information content (AvgIpc) is 2.58. The fraction of sp³-hybridized carbons (Fsp3) is 0.529. The maximum atomic E-state index is 11.8. The van der Waals surface area contributed by atoms with E-state index in [4.69, 9.17) is 11.5 Å². The molecule has 1 aromatic rings. The van der Waals surface area contributed by atoms with Gasteiger partial charge in [0, 0.05) is 30.8 Å². The highest BCUT2D eigenvalue weighted by Gasteiger charge is 2.06. The van der Waals surface area contributed by atoms with Crippen LogP contribution in [0.4, 0.5) is 0 Å². The van der Waals surface area contributed by atoms with Crippen molar-refractivity contribution in [2.24, 2.45) is 11.5 Å². The Bertz CT molecular complexity index is 477. The van der Waals surface area contributed by atoms with Crippen LogP contribution in [0.1, 0.15) is 48.0 Å². The Balaban J connectivity index is 2.27. The number of carbonyl (C=O) groups is 2. The third kappa shape index (κ3) is 8.74. The summed E-state index contributed by atoms with van der Waals surface area (Å²) >= 11 is 1.34. The Labute approximate surface area is 142 Å². The van der Waals surface area contributed by atoms with Crippen molar-refractivity contribution in [3.63, 3.8) is 0 Å². The largest absolute Gasteiger partial charge is 0.351 e. The number of amides is 1. The SMILES string of the molecule is NCCCCCCC(=O)SCc1ccc(C(=O)NCCN)cc1. The van der Waals surface area contributed by atoms with E-state index in [2.05, 4.69) is 5.32 Å². The van der Waals surface area contributed by atoms with E-state index in [9.17, 15) is 9.59 Å². The molecule has 0 aromatic heterocycles. The minimum Gasteiger partial charge on any atom is -0.351 e. The maximum Gasteiger partial charge on any atom is 0.251 e. The van der Waals surface area contributed by atoms with Gasteiger partial charge in [0.05, 0.1) is 0 Å². The van der Waals surface area contributed by atoms with E-state index in [1.54, 1.807) is 12.1 Å². The zero-order valence-electron chi connectivity index (χ0n) is 13.6. The topological polar surface area (TPSA) is 98.2 Å². The van der Waals surface area contributed by atoms with Crippen LogP contribution in [0.25, 0.3) is 0 Å². The lowest BCUT2D eigenvalue weighted by molar-refractivity contribution is -0.111. The molecule has 0 unspecified atom stereocenters. The molecule has 0 heterocycles. The first-order chi connectivity index (χ1) is 11.2. The number of carbonyl (C=O) groups excluding carboxylic acids is 2. The van der Waals surface area contributed by atoms with Crippen LogP contribution in [-0.4, -0.2) is 30.7 Å². The molecule has 0 aliphatic rings. The molecule has 0 aliphatic carbocycles. The van der Waals surface area contributed by atoms with E-state index in [1.165, 1.54) is 11.8 Å². The van der Waals surface area contributed by atoms with Gasteiger partial charge in [0.25, 0.3) is 5.91 Å². The van der Waals surface area contributed by atoms with Crippen LogP contribution in [0, 0.1) is 0 Å². The van der Waals surface area contributed by atoms with Gasteiger partial charge in [0.15, 0.2) is 5.12 Å². The number of nitrogens with two attached hydrogens (primary N) is 2. The van der Waals surface area contributed by atoms with E-state index in [0.29, 0.717) is 30.8 Å².